The molecule has 0 amide bonds. The lowest BCUT2D eigenvalue weighted by Gasteiger charge is -2.30. The van der Waals surface area contributed by atoms with E-state index in [-0.39, 0.29) is 0 Å². The molecule has 3 heterocycles. The normalized spacial score (nSPS) is 14.5. The maximum atomic E-state index is 11.3. The minimum atomic E-state index is 0.376. The Morgan fingerprint density at radius 1 is 1.00 bits per heavy atom. The van der Waals surface area contributed by atoms with E-state index >= 15 is 0 Å². The van der Waals surface area contributed by atoms with Crippen LogP contribution in [0.3, 0.4) is 0 Å². The molecule has 1 saturated carbocycles. The number of terminal acetylenes is 1. The van der Waals surface area contributed by atoms with Gasteiger partial charge in [-0.3, -0.25) is 9.78 Å². The molecule has 0 radical (unpaired) electrons. The fourth-order valence-corrected chi connectivity index (χ4v) is 5.04. The molecule has 0 atom stereocenters. The topological polar surface area (TPSA) is 91.0 Å². The summed E-state index contributed by atoms with van der Waals surface area (Å²) in [4.78, 5) is 34.1. The summed E-state index contributed by atoms with van der Waals surface area (Å²) in [7, 11) is 3.75. The zero-order valence-electron chi connectivity index (χ0n) is 26.5. The summed E-state index contributed by atoms with van der Waals surface area (Å²) in [6.07, 6.45) is 24.5. The highest BCUT2D eigenvalue weighted by Gasteiger charge is 2.43. The highest BCUT2D eigenvalue weighted by atomic mass is 16.1. The number of unbranched alkanes of at least 4 members (excludes halogenated alkanes) is 3. The van der Waals surface area contributed by atoms with Gasteiger partial charge in [-0.1, -0.05) is 38.8 Å². The van der Waals surface area contributed by atoms with Gasteiger partial charge in [0.1, 0.15) is 18.4 Å². The molecule has 1 aromatic carbocycles. The van der Waals surface area contributed by atoms with Gasteiger partial charge in [0.2, 0.25) is 0 Å². The van der Waals surface area contributed by atoms with E-state index in [1.165, 1.54) is 45.3 Å². The van der Waals surface area contributed by atoms with Crippen molar-refractivity contribution in [2.75, 3.05) is 33.7 Å². The second-order valence-electron chi connectivity index (χ2n) is 10.9. The van der Waals surface area contributed by atoms with Crippen molar-refractivity contribution in [3.63, 3.8) is 0 Å². The Kier molecular flexibility index (Phi) is 18.7. The lowest BCUT2D eigenvalue weighted by Crippen LogP contribution is -2.34. The Morgan fingerprint density at radius 2 is 1.67 bits per heavy atom. The number of piperidine rings is 1. The average Bonchev–Trinajstić information content (AvgIpc) is 3.63. The Morgan fingerprint density at radius 3 is 2.29 bits per heavy atom. The van der Waals surface area contributed by atoms with Crippen molar-refractivity contribution in [1.82, 2.24) is 25.2 Å². The number of hydrogen-bond acceptors (Lipinski definition) is 6. The van der Waals surface area contributed by atoms with Gasteiger partial charge in [0, 0.05) is 36.4 Å². The summed E-state index contributed by atoms with van der Waals surface area (Å²) in [5, 5.41) is 3.89. The van der Waals surface area contributed by atoms with Crippen molar-refractivity contribution < 1.29 is 9.59 Å². The number of ketones is 1. The summed E-state index contributed by atoms with van der Waals surface area (Å²) >= 11 is 0. The molecule has 7 nitrogen and oxygen atoms in total. The van der Waals surface area contributed by atoms with Gasteiger partial charge in [-0.05, 0) is 95.9 Å². The lowest BCUT2D eigenvalue weighted by atomic mass is 9.94. The molecule has 1 aliphatic heterocycles. The molecule has 0 bridgehead atoms. The van der Waals surface area contributed by atoms with Crippen molar-refractivity contribution in [3.05, 3.63) is 48.5 Å². The van der Waals surface area contributed by atoms with Crippen LogP contribution in [0, 0.1) is 18.3 Å². The molecule has 2 N–H and O–H groups in total. The first-order chi connectivity index (χ1) is 20.5. The number of rotatable bonds is 10. The molecule has 1 aliphatic carbocycles. The number of nitrogens with zero attached hydrogens (tertiary/aromatic N) is 3. The maximum absolute atomic E-state index is 11.3. The third-order valence-electron chi connectivity index (χ3n) is 7.88. The molecule has 1 spiro atoms. The van der Waals surface area contributed by atoms with E-state index in [4.69, 9.17) is 4.79 Å². The molecule has 42 heavy (non-hydrogen) atoms. The van der Waals surface area contributed by atoms with Crippen LogP contribution in [0.2, 0.25) is 0 Å². The van der Waals surface area contributed by atoms with E-state index in [0.29, 0.717) is 12.2 Å². The minimum Gasteiger partial charge on any atom is -0.342 e. The van der Waals surface area contributed by atoms with Gasteiger partial charge in [0.25, 0.3) is 0 Å². The van der Waals surface area contributed by atoms with Gasteiger partial charge in [0.15, 0.2) is 0 Å². The number of hydrogen-bond donors (Lipinski definition) is 2. The zero-order valence-corrected chi connectivity index (χ0v) is 26.5. The highest BCUT2D eigenvalue weighted by molar-refractivity contribution is 5.83. The Balaban J connectivity index is 0.000000427. The monoisotopic (exact) mass is 575 g/mol. The standard InChI is InChI=1S/C21H25N3O.C9H17N.C2H7N.C2H2.CH2O/c1-2-18(25)9-5-3-4-6-10-21-23-15-20(24-21)17-11-12-19-16(14-17)8-7-13-22-19;1-2-10-7-5-9(3-4-9)6-8-10;1-3-2;2*1-2/h7-8,11-15H,2-6,9-10H2,1H3,(H,23,24);2-8H2,1H3;3H,1-2H3;1-2H;1H2. The van der Waals surface area contributed by atoms with E-state index < -0.39 is 0 Å². The van der Waals surface area contributed by atoms with E-state index in [2.05, 4.69) is 63.1 Å². The smallest absolute Gasteiger partial charge is 0.132 e. The lowest BCUT2D eigenvalue weighted by molar-refractivity contribution is -0.118. The number of aryl methyl sites for hydroxylation is 1. The van der Waals surface area contributed by atoms with E-state index in [9.17, 15) is 4.79 Å². The Hall–Kier alpha value is -3.34. The van der Waals surface area contributed by atoms with Crippen LogP contribution >= 0.6 is 0 Å². The third-order valence-corrected chi connectivity index (χ3v) is 7.88. The number of H-pyrrole nitrogens is 1. The molecule has 2 fully saturated rings. The molecule has 230 valence electrons. The highest BCUT2D eigenvalue weighted by Crippen LogP contribution is 2.53. The van der Waals surface area contributed by atoms with E-state index in [1.807, 2.05) is 52.3 Å². The van der Waals surface area contributed by atoms with Crippen LogP contribution < -0.4 is 5.32 Å². The molecule has 2 aliphatic rings. The summed E-state index contributed by atoms with van der Waals surface area (Å²) in [5.41, 5.74) is 4.06. The Labute approximate surface area is 254 Å². The largest absolute Gasteiger partial charge is 0.342 e. The number of nitrogens with one attached hydrogen (secondary N) is 2. The molecular formula is C35H53N5O2. The van der Waals surface area contributed by atoms with Crippen molar-refractivity contribution in [1.29, 1.82) is 0 Å². The number of aromatic amines is 1. The molecule has 7 heteroatoms. The number of aromatic nitrogens is 3. The summed E-state index contributed by atoms with van der Waals surface area (Å²) in [5.74, 6) is 1.41. The number of benzene rings is 1. The molecule has 0 unspecified atom stereocenters. The molecular weight excluding hydrogens is 522 g/mol. The Bertz CT molecular complexity index is 1160. The fourth-order valence-electron chi connectivity index (χ4n) is 5.04. The number of likely N-dealkylation sites (tertiary alicyclic amines) is 1. The quantitative estimate of drug-likeness (QED) is 0.202. The molecule has 2 aromatic heterocycles. The maximum Gasteiger partial charge on any atom is 0.132 e. The van der Waals surface area contributed by atoms with Gasteiger partial charge < -0.3 is 20.0 Å². The van der Waals surface area contributed by atoms with Crippen LogP contribution in [0.5, 0.6) is 0 Å². The number of carbonyl (C=O) groups is 2. The first-order valence-electron chi connectivity index (χ1n) is 15.4. The number of pyridine rings is 1. The molecule has 3 aromatic rings. The fraction of sp³-hybridized carbons (Fsp3) is 0.543. The van der Waals surface area contributed by atoms with Gasteiger partial charge in [-0.2, -0.15) is 0 Å². The SMILES string of the molecule is C#C.C=O.CCC(=O)CCCCCCc1ncc(-c2ccc3ncccc3c2)[nH]1.CCN1CCC2(CC1)CC2.CNC. The van der Waals surface area contributed by atoms with Crippen molar-refractivity contribution in [3.8, 4) is 24.1 Å². The summed E-state index contributed by atoms with van der Waals surface area (Å²) in [6, 6.07) is 10.3. The first-order valence-corrected chi connectivity index (χ1v) is 15.4. The van der Waals surface area contributed by atoms with Crippen LogP contribution in [-0.2, 0) is 16.0 Å². The average molecular weight is 576 g/mol. The number of imidazole rings is 1. The van der Waals surface area contributed by atoms with Crippen LogP contribution in [-0.4, -0.2) is 66.2 Å². The summed E-state index contributed by atoms with van der Waals surface area (Å²) < 4.78 is 0. The van der Waals surface area contributed by atoms with Gasteiger partial charge in [-0.25, -0.2) is 4.98 Å². The van der Waals surface area contributed by atoms with Crippen molar-refractivity contribution in [2.45, 2.75) is 84.5 Å². The number of Topliss-reactive ketones (excluding diaryl/α,β-unsaturated/α-hetero) is 1. The van der Waals surface area contributed by atoms with Gasteiger partial charge >= 0.3 is 0 Å². The number of fused-ring (bicyclic) bond motifs is 1. The van der Waals surface area contributed by atoms with E-state index in [1.54, 1.807) is 0 Å². The second kappa shape index (κ2) is 21.4. The van der Waals surface area contributed by atoms with Crippen LogP contribution in [0.25, 0.3) is 22.2 Å². The van der Waals surface area contributed by atoms with E-state index in [0.717, 1.165) is 71.9 Å². The van der Waals surface area contributed by atoms with Gasteiger partial charge in [-0.15, -0.1) is 12.8 Å². The van der Waals surface area contributed by atoms with Crippen molar-refractivity contribution >= 4 is 23.5 Å². The zero-order chi connectivity index (χ0) is 31.2. The third kappa shape index (κ3) is 13.1. The second-order valence-corrected chi connectivity index (χ2v) is 10.9. The van der Waals surface area contributed by atoms with Crippen molar-refractivity contribution in [2.24, 2.45) is 5.41 Å². The van der Waals surface area contributed by atoms with Crippen LogP contribution in [0.15, 0.2) is 42.7 Å². The molecule has 5 rings (SSSR count). The van der Waals surface area contributed by atoms with Gasteiger partial charge in [0.05, 0.1) is 17.4 Å². The van der Waals surface area contributed by atoms with Crippen LogP contribution in [0.1, 0.15) is 83.9 Å². The summed E-state index contributed by atoms with van der Waals surface area (Å²) in [6.45, 7) is 10.2. The molecule has 1 saturated heterocycles. The first kappa shape index (κ1) is 36.7. The predicted octanol–water partition coefficient (Wildman–Crippen LogP) is 6.88. The number of carbonyl (C=O) groups excluding carboxylic acids is 2. The van der Waals surface area contributed by atoms with Crippen LogP contribution in [0.4, 0.5) is 0 Å². The minimum absolute atomic E-state index is 0.376. The predicted molar refractivity (Wildman–Crippen MR) is 176 cm³/mol.